The summed E-state index contributed by atoms with van der Waals surface area (Å²) in [5.74, 6) is 0.469. The molecule has 156 valence electrons. The third-order valence-electron chi connectivity index (χ3n) is 4.42. The molecule has 0 N–H and O–H groups in total. The van der Waals surface area contributed by atoms with Crippen LogP contribution in [-0.2, 0) is 9.63 Å². The lowest BCUT2D eigenvalue weighted by molar-refractivity contribution is -0.736. The molecule has 9 heteroatoms. The van der Waals surface area contributed by atoms with E-state index in [0.29, 0.717) is 4.92 Å². The molecule has 0 atom stereocenters. The largest absolute Gasteiger partial charge is 0.441 e. The number of carbonyl (C=O) groups excluding carboxylic acids is 2. The molecule has 1 aliphatic rings. The summed E-state index contributed by atoms with van der Waals surface area (Å²) in [6.07, 6.45) is -0.852. The summed E-state index contributed by atoms with van der Waals surface area (Å²) in [4.78, 5) is 46.7. The lowest BCUT2D eigenvalue weighted by Gasteiger charge is -2.22. The van der Waals surface area contributed by atoms with E-state index >= 15 is 0 Å². The number of benzene rings is 2. The van der Waals surface area contributed by atoms with Crippen molar-refractivity contribution in [2.75, 3.05) is 17.8 Å². The fourth-order valence-electron chi connectivity index (χ4n) is 2.96. The summed E-state index contributed by atoms with van der Waals surface area (Å²) in [5, 5.41) is 0.277. The molecule has 0 aliphatic carbocycles. The molecule has 0 saturated carbocycles. The molecule has 2 aromatic rings. The molecule has 0 aromatic heterocycles. The number of hydrogen-bond donors (Lipinski definition) is 0. The second-order valence-corrected chi connectivity index (χ2v) is 7.87. The van der Waals surface area contributed by atoms with Crippen molar-refractivity contribution in [1.29, 1.82) is 0 Å². The number of amides is 2. The van der Waals surface area contributed by atoms with Crippen molar-refractivity contribution < 1.29 is 24.1 Å². The van der Waals surface area contributed by atoms with Crippen LogP contribution in [0.1, 0.15) is 30.9 Å². The van der Waals surface area contributed by atoms with Crippen LogP contribution in [0.3, 0.4) is 0 Å². The number of hydrogen-bond acceptors (Lipinski definition) is 6. The SMILES string of the molecule is CO[N+](=O)c1ccc(OC(=O)N=C2SCC(=O)N2c2cc(C)ccc2C(C)C)cc1. The Labute approximate surface area is 178 Å². The van der Waals surface area contributed by atoms with E-state index in [-0.39, 0.29) is 34.2 Å². The monoisotopic (exact) mass is 428 g/mol. The van der Waals surface area contributed by atoms with Gasteiger partial charge >= 0.3 is 11.8 Å². The number of aryl methyl sites for hydroxylation is 1. The summed E-state index contributed by atoms with van der Waals surface area (Å²) in [7, 11) is 1.25. The number of anilines is 1. The zero-order valence-electron chi connectivity index (χ0n) is 17.1. The summed E-state index contributed by atoms with van der Waals surface area (Å²) in [6, 6.07) is 11.7. The molecule has 3 rings (SSSR count). The molecule has 0 spiro atoms. The number of ether oxygens (including phenoxy) is 1. The first-order chi connectivity index (χ1) is 14.3. The summed E-state index contributed by atoms with van der Waals surface area (Å²) in [6.45, 7) is 6.04. The van der Waals surface area contributed by atoms with Gasteiger partial charge in [0.25, 0.3) is 4.92 Å². The fraction of sp³-hybridized carbons (Fsp3) is 0.286. The van der Waals surface area contributed by atoms with Crippen LogP contribution in [0, 0.1) is 11.8 Å². The summed E-state index contributed by atoms with van der Waals surface area (Å²) >= 11 is 1.19. The third kappa shape index (κ3) is 4.68. The highest BCUT2D eigenvalue weighted by atomic mass is 32.2. The predicted molar refractivity (Wildman–Crippen MR) is 115 cm³/mol. The van der Waals surface area contributed by atoms with Crippen LogP contribution in [0.5, 0.6) is 5.75 Å². The first kappa shape index (κ1) is 21.5. The topological polar surface area (TPSA) is 88.3 Å². The normalized spacial score (nSPS) is 15.0. The lowest BCUT2D eigenvalue weighted by atomic mass is 9.99. The van der Waals surface area contributed by atoms with Crippen molar-refractivity contribution in [2.45, 2.75) is 26.7 Å². The first-order valence-electron chi connectivity index (χ1n) is 9.28. The molecule has 0 unspecified atom stereocenters. The van der Waals surface area contributed by atoms with Gasteiger partial charge in [0.05, 0.1) is 16.3 Å². The second kappa shape index (κ2) is 9.08. The van der Waals surface area contributed by atoms with Crippen LogP contribution >= 0.6 is 11.8 Å². The van der Waals surface area contributed by atoms with Crippen molar-refractivity contribution in [3.8, 4) is 5.75 Å². The predicted octanol–water partition coefficient (Wildman–Crippen LogP) is 4.73. The minimum absolute atomic E-state index is 0.140. The first-order valence-corrected chi connectivity index (χ1v) is 10.3. The van der Waals surface area contributed by atoms with Gasteiger partial charge in [-0.3, -0.25) is 9.69 Å². The van der Waals surface area contributed by atoms with Crippen LogP contribution in [-0.4, -0.2) is 35.0 Å². The quantitative estimate of drug-likeness (QED) is 0.640. The molecule has 2 aromatic carbocycles. The zero-order chi connectivity index (χ0) is 21.8. The minimum atomic E-state index is -0.852. The Morgan fingerprint density at radius 2 is 1.90 bits per heavy atom. The Bertz CT molecular complexity index is 1020. The van der Waals surface area contributed by atoms with Crippen molar-refractivity contribution in [2.24, 2.45) is 4.99 Å². The number of thioether (sulfide) groups is 1. The minimum Gasteiger partial charge on any atom is -0.409 e. The van der Waals surface area contributed by atoms with Gasteiger partial charge in [0.1, 0.15) is 5.75 Å². The molecule has 1 saturated heterocycles. The van der Waals surface area contributed by atoms with Gasteiger partial charge in [-0.05, 0) is 42.2 Å². The molecule has 1 aliphatic heterocycles. The summed E-state index contributed by atoms with van der Waals surface area (Å²) < 4.78 is 5.23. The number of nitrogens with zero attached hydrogens (tertiary/aromatic N) is 3. The number of aliphatic imine (C=N–C) groups is 1. The van der Waals surface area contributed by atoms with Crippen molar-refractivity contribution in [3.63, 3.8) is 0 Å². The number of amidine groups is 1. The average Bonchev–Trinajstić information content (AvgIpc) is 3.07. The van der Waals surface area contributed by atoms with E-state index in [2.05, 4.69) is 9.83 Å². The Morgan fingerprint density at radius 3 is 2.53 bits per heavy atom. The molecular weight excluding hydrogens is 406 g/mol. The molecule has 1 fully saturated rings. The van der Waals surface area contributed by atoms with E-state index in [9.17, 15) is 14.5 Å². The van der Waals surface area contributed by atoms with Crippen LogP contribution in [0.25, 0.3) is 0 Å². The fourth-order valence-corrected chi connectivity index (χ4v) is 3.81. The van der Waals surface area contributed by atoms with E-state index in [1.807, 2.05) is 39.0 Å². The smallest absolute Gasteiger partial charge is 0.409 e. The number of rotatable bonds is 5. The third-order valence-corrected chi connectivity index (χ3v) is 5.34. The Balaban J connectivity index is 1.84. The standard InChI is InChI=1S/C21H22N3O5S/c1-13(2)17-10-5-14(3)11-18(17)23-19(25)12-30-20(23)22-21(26)29-16-8-6-15(7-9-16)24(27)28-4/h5-11,13H,12H2,1-4H3/q+1. The van der Waals surface area contributed by atoms with Gasteiger partial charge < -0.3 is 4.74 Å². The zero-order valence-corrected chi connectivity index (χ0v) is 17.9. The molecule has 2 amide bonds. The Kier molecular flexibility index (Phi) is 6.51. The molecule has 0 radical (unpaired) electrons. The lowest BCUT2D eigenvalue weighted by Crippen LogP contribution is -2.31. The maximum atomic E-state index is 12.6. The maximum absolute atomic E-state index is 12.6. The van der Waals surface area contributed by atoms with Gasteiger partial charge in [-0.2, -0.15) is 0 Å². The van der Waals surface area contributed by atoms with E-state index < -0.39 is 6.09 Å². The van der Waals surface area contributed by atoms with E-state index in [0.717, 1.165) is 16.8 Å². The average molecular weight is 428 g/mol. The molecule has 0 bridgehead atoms. The maximum Gasteiger partial charge on any atom is 0.441 e. The highest BCUT2D eigenvalue weighted by Crippen LogP contribution is 2.34. The van der Waals surface area contributed by atoms with E-state index in [4.69, 9.17) is 4.74 Å². The van der Waals surface area contributed by atoms with Crippen molar-refractivity contribution >= 4 is 40.3 Å². The van der Waals surface area contributed by atoms with Gasteiger partial charge in [-0.25, -0.2) is 9.63 Å². The van der Waals surface area contributed by atoms with Crippen LogP contribution in [0.15, 0.2) is 47.5 Å². The van der Waals surface area contributed by atoms with Crippen LogP contribution in [0.2, 0.25) is 0 Å². The van der Waals surface area contributed by atoms with Gasteiger partial charge in [-0.15, -0.1) is 4.99 Å². The summed E-state index contributed by atoms with van der Waals surface area (Å²) in [5.41, 5.74) is 2.98. The molecule has 30 heavy (non-hydrogen) atoms. The molecular formula is C21H22N3O5S+. The van der Waals surface area contributed by atoms with Gasteiger partial charge in [0.2, 0.25) is 5.91 Å². The van der Waals surface area contributed by atoms with E-state index in [1.54, 1.807) is 0 Å². The van der Waals surface area contributed by atoms with E-state index in [1.165, 1.54) is 48.0 Å². The Morgan fingerprint density at radius 1 is 1.20 bits per heavy atom. The van der Waals surface area contributed by atoms with Gasteiger partial charge in [0, 0.05) is 12.1 Å². The molecule has 1 heterocycles. The number of carbonyl (C=O) groups is 2. The van der Waals surface area contributed by atoms with Crippen LogP contribution in [0.4, 0.5) is 16.2 Å². The second-order valence-electron chi connectivity index (χ2n) is 6.93. The van der Waals surface area contributed by atoms with Crippen molar-refractivity contribution in [1.82, 2.24) is 0 Å². The Hall–Kier alpha value is -3.20. The van der Waals surface area contributed by atoms with Gasteiger partial charge in [-0.1, -0.05) is 37.7 Å². The molecule has 8 nitrogen and oxygen atoms in total. The highest BCUT2D eigenvalue weighted by Gasteiger charge is 2.32. The van der Waals surface area contributed by atoms with Gasteiger partial charge in [0.15, 0.2) is 12.3 Å². The van der Waals surface area contributed by atoms with Crippen LogP contribution < -0.4 is 9.64 Å². The van der Waals surface area contributed by atoms with Crippen molar-refractivity contribution in [3.05, 3.63) is 58.5 Å². The highest BCUT2D eigenvalue weighted by molar-refractivity contribution is 8.15.